The van der Waals surface area contributed by atoms with Crippen LogP contribution in [0.15, 0.2) is 33.9 Å². The van der Waals surface area contributed by atoms with Crippen molar-refractivity contribution in [2.75, 3.05) is 5.75 Å². The van der Waals surface area contributed by atoms with Gasteiger partial charge >= 0.3 is 0 Å². The first-order valence-corrected chi connectivity index (χ1v) is 7.25. The number of hydrogen-bond donors (Lipinski definition) is 1. The zero-order valence-corrected chi connectivity index (χ0v) is 12.3. The van der Waals surface area contributed by atoms with Crippen LogP contribution in [0, 0.1) is 0 Å². The fraction of sp³-hybridized carbons (Fsp3) is 0.385. The lowest BCUT2D eigenvalue weighted by atomic mass is 10.1. The number of rotatable bonds is 5. The van der Waals surface area contributed by atoms with Crippen LogP contribution in [0.25, 0.3) is 11.5 Å². The van der Waals surface area contributed by atoms with Crippen LogP contribution in [-0.2, 0) is 0 Å². The summed E-state index contributed by atoms with van der Waals surface area (Å²) in [5.41, 5.74) is 0.123. The average molecular weight is 299 g/mol. The Morgan fingerprint density at radius 3 is 2.84 bits per heavy atom. The summed E-state index contributed by atoms with van der Waals surface area (Å²) in [6.45, 7) is 3.55. The van der Waals surface area contributed by atoms with Gasteiger partial charge in [0.25, 0.3) is 5.22 Å². The maximum atomic E-state index is 9.61. The van der Waals surface area contributed by atoms with E-state index in [0.29, 0.717) is 22.6 Å². The Morgan fingerprint density at radius 1 is 1.37 bits per heavy atom. The highest BCUT2D eigenvalue weighted by Gasteiger charge is 2.14. The minimum atomic E-state index is -0.678. The topological polar surface area (TPSA) is 59.2 Å². The summed E-state index contributed by atoms with van der Waals surface area (Å²) in [5, 5.41) is 18.7. The molecule has 0 amide bonds. The summed E-state index contributed by atoms with van der Waals surface area (Å²) in [4.78, 5) is 0. The predicted molar refractivity (Wildman–Crippen MR) is 76.4 cm³/mol. The van der Waals surface area contributed by atoms with E-state index in [9.17, 15) is 5.11 Å². The molecule has 1 aromatic carbocycles. The minimum Gasteiger partial charge on any atom is -0.411 e. The van der Waals surface area contributed by atoms with Crippen LogP contribution in [0.3, 0.4) is 0 Å². The van der Waals surface area contributed by atoms with E-state index >= 15 is 0 Å². The minimum absolute atomic E-state index is 0.452. The first kappa shape index (κ1) is 14.4. The standard InChI is InChI=1S/C13H15ClN2O2S/c1-13(2,17)6-7-19-12-16-15-11(18-12)9-4-3-5-10(14)8-9/h3-5,8,17H,6-7H2,1-2H3. The number of aromatic nitrogens is 2. The molecular formula is C13H15ClN2O2S. The van der Waals surface area contributed by atoms with Crippen molar-refractivity contribution in [3.05, 3.63) is 29.3 Å². The third kappa shape index (κ3) is 4.53. The van der Waals surface area contributed by atoms with E-state index in [2.05, 4.69) is 10.2 Å². The molecule has 0 aliphatic heterocycles. The van der Waals surface area contributed by atoms with Crippen molar-refractivity contribution in [3.63, 3.8) is 0 Å². The van der Waals surface area contributed by atoms with Crippen molar-refractivity contribution >= 4 is 23.4 Å². The Morgan fingerprint density at radius 2 is 2.16 bits per heavy atom. The van der Waals surface area contributed by atoms with Crippen molar-refractivity contribution in [1.82, 2.24) is 10.2 Å². The fourth-order valence-electron chi connectivity index (χ4n) is 1.39. The zero-order chi connectivity index (χ0) is 13.9. The second kappa shape index (κ2) is 5.94. The number of halogens is 1. The molecule has 0 saturated carbocycles. The molecule has 0 bridgehead atoms. The molecule has 0 radical (unpaired) electrons. The normalized spacial score (nSPS) is 11.8. The van der Waals surface area contributed by atoms with Crippen molar-refractivity contribution in [2.45, 2.75) is 31.1 Å². The molecule has 2 aromatic rings. The second-order valence-electron chi connectivity index (χ2n) is 4.79. The van der Waals surface area contributed by atoms with E-state index < -0.39 is 5.60 Å². The van der Waals surface area contributed by atoms with E-state index in [1.54, 1.807) is 26.0 Å². The lowest BCUT2D eigenvalue weighted by Gasteiger charge is -2.15. The van der Waals surface area contributed by atoms with E-state index in [4.69, 9.17) is 16.0 Å². The molecule has 19 heavy (non-hydrogen) atoms. The molecule has 4 nitrogen and oxygen atoms in total. The molecule has 0 unspecified atom stereocenters. The van der Waals surface area contributed by atoms with Crippen LogP contribution >= 0.6 is 23.4 Å². The molecule has 0 saturated heterocycles. The second-order valence-corrected chi connectivity index (χ2v) is 6.28. The molecule has 102 valence electrons. The highest BCUT2D eigenvalue weighted by molar-refractivity contribution is 7.99. The monoisotopic (exact) mass is 298 g/mol. The molecule has 0 aliphatic carbocycles. The van der Waals surface area contributed by atoms with Gasteiger partial charge in [-0.3, -0.25) is 0 Å². The summed E-state index contributed by atoms with van der Waals surface area (Å²) in [6.07, 6.45) is 0.659. The van der Waals surface area contributed by atoms with E-state index in [1.165, 1.54) is 11.8 Å². The van der Waals surface area contributed by atoms with Gasteiger partial charge in [-0.2, -0.15) is 0 Å². The Kier molecular flexibility index (Phi) is 4.50. The van der Waals surface area contributed by atoms with Crippen LogP contribution in [0.1, 0.15) is 20.3 Å². The first-order chi connectivity index (χ1) is 8.94. The van der Waals surface area contributed by atoms with Gasteiger partial charge in [0.1, 0.15) is 0 Å². The zero-order valence-electron chi connectivity index (χ0n) is 10.8. The van der Waals surface area contributed by atoms with E-state index in [-0.39, 0.29) is 0 Å². The van der Waals surface area contributed by atoms with Crippen LogP contribution in [0.4, 0.5) is 0 Å². The van der Waals surface area contributed by atoms with Gasteiger partial charge in [0, 0.05) is 16.3 Å². The summed E-state index contributed by atoms with van der Waals surface area (Å²) in [6, 6.07) is 7.27. The quantitative estimate of drug-likeness (QED) is 0.854. The largest absolute Gasteiger partial charge is 0.411 e. The number of nitrogens with zero attached hydrogens (tertiary/aromatic N) is 2. The smallest absolute Gasteiger partial charge is 0.276 e. The van der Waals surface area contributed by atoms with Crippen LogP contribution in [0.5, 0.6) is 0 Å². The number of benzene rings is 1. The summed E-state index contributed by atoms with van der Waals surface area (Å²) in [7, 11) is 0. The Balaban J connectivity index is 1.99. The van der Waals surface area contributed by atoms with Gasteiger partial charge in [-0.15, -0.1) is 10.2 Å². The van der Waals surface area contributed by atoms with Gasteiger partial charge in [-0.1, -0.05) is 29.4 Å². The Bertz CT molecular complexity index is 552. The van der Waals surface area contributed by atoms with Crippen LogP contribution in [0.2, 0.25) is 5.02 Å². The molecular weight excluding hydrogens is 284 g/mol. The van der Waals surface area contributed by atoms with Crippen molar-refractivity contribution < 1.29 is 9.52 Å². The number of hydrogen-bond acceptors (Lipinski definition) is 5. The van der Waals surface area contributed by atoms with Gasteiger partial charge in [0.2, 0.25) is 5.89 Å². The third-order valence-electron chi connectivity index (χ3n) is 2.42. The molecule has 1 aromatic heterocycles. The molecule has 0 spiro atoms. The van der Waals surface area contributed by atoms with E-state index in [1.807, 2.05) is 12.1 Å². The fourth-order valence-corrected chi connectivity index (χ4v) is 2.60. The molecule has 1 N–H and O–H groups in total. The maximum Gasteiger partial charge on any atom is 0.276 e. The number of aliphatic hydroxyl groups is 1. The summed E-state index contributed by atoms with van der Waals surface area (Å²) in [5.74, 6) is 1.17. The lowest BCUT2D eigenvalue weighted by molar-refractivity contribution is 0.0777. The number of thioether (sulfide) groups is 1. The van der Waals surface area contributed by atoms with Gasteiger partial charge in [0.05, 0.1) is 5.60 Å². The SMILES string of the molecule is CC(C)(O)CCSc1nnc(-c2cccc(Cl)c2)o1. The first-order valence-electron chi connectivity index (χ1n) is 5.89. The van der Waals surface area contributed by atoms with Crippen LogP contribution < -0.4 is 0 Å². The van der Waals surface area contributed by atoms with Gasteiger partial charge < -0.3 is 9.52 Å². The molecule has 0 aliphatic rings. The van der Waals surface area contributed by atoms with Gasteiger partial charge in [-0.25, -0.2) is 0 Å². The van der Waals surface area contributed by atoms with Crippen molar-refractivity contribution in [3.8, 4) is 11.5 Å². The predicted octanol–water partition coefficient (Wildman–Crippen LogP) is 3.64. The van der Waals surface area contributed by atoms with Gasteiger partial charge in [-0.05, 0) is 38.5 Å². The lowest BCUT2D eigenvalue weighted by Crippen LogP contribution is -2.18. The highest BCUT2D eigenvalue weighted by Crippen LogP contribution is 2.26. The summed E-state index contributed by atoms with van der Waals surface area (Å²) < 4.78 is 5.54. The maximum absolute atomic E-state index is 9.61. The molecule has 0 atom stereocenters. The van der Waals surface area contributed by atoms with Gasteiger partial charge in [0.15, 0.2) is 0 Å². The molecule has 1 heterocycles. The Hall–Kier alpha value is -1.04. The molecule has 2 rings (SSSR count). The Labute approximate surface area is 121 Å². The van der Waals surface area contributed by atoms with Crippen molar-refractivity contribution in [1.29, 1.82) is 0 Å². The van der Waals surface area contributed by atoms with E-state index in [0.717, 1.165) is 11.3 Å². The third-order valence-corrected chi connectivity index (χ3v) is 3.47. The summed E-state index contributed by atoms with van der Waals surface area (Å²) >= 11 is 7.35. The van der Waals surface area contributed by atoms with Crippen molar-refractivity contribution in [2.24, 2.45) is 0 Å². The average Bonchev–Trinajstić information content (AvgIpc) is 2.76. The molecule has 6 heteroatoms. The van der Waals surface area contributed by atoms with Crippen LogP contribution in [-0.4, -0.2) is 26.7 Å². The highest BCUT2D eigenvalue weighted by atomic mass is 35.5. The molecule has 0 fully saturated rings.